The Kier molecular flexibility index (Phi) is 6.21. The Labute approximate surface area is 143 Å². The van der Waals surface area contributed by atoms with Gasteiger partial charge in [0.2, 0.25) is 17.5 Å². The fourth-order valence-electron chi connectivity index (χ4n) is 2.97. The second-order valence-electron chi connectivity index (χ2n) is 6.42. The quantitative estimate of drug-likeness (QED) is 0.787. The molecular formula is C17H27N5O2. The number of oxazole rings is 1. The zero-order valence-electron chi connectivity index (χ0n) is 15.1. The van der Waals surface area contributed by atoms with Crippen molar-refractivity contribution in [3.8, 4) is 6.07 Å². The van der Waals surface area contributed by atoms with Crippen LogP contribution in [-0.4, -0.2) is 66.5 Å². The summed E-state index contributed by atoms with van der Waals surface area (Å²) < 4.78 is 5.54. The molecule has 0 aliphatic carbocycles. The van der Waals surface area contributed by atoms with Gasteiger partial charge in [-0.15, -0.1) is 0 Å². The number of carbonyl (C=O) groups excluding carboxylic acids is 1. The largest absolute Gasteiger partial charge is 0.424 e. The number of likely N-dealkylation sites (N-methyl/N-ethyl adjacent to an activating group) is 1. The van der Waals surface area contributed by atoms with Crippen LogP contribution in [0.5, 0.6) is 0 Å². The molecule has 1 amide bonds. The van der Waals surface area contributed by atoms with E-state index in [4.69, 9.17) is 9.68 Å². The smallest absolute Gasteiger partial charge is 0.236 e. The van der Waals surface area contributed by atoms with Crippen LogP contribution in [0.1, 0.15) is 38.3 Å². The van der Waals surface area contributed by atoms with Crippen molar-refractivity contribution in [2.45, 2.75) is 39.7 Å². The summed E-state index contributed by atoms with van der Waals surface area (Å²) in [6.45, 7) is 9.09. The number of carbonyl (C=O) groups is 1. The third-order valence-corrected chi connectivity index (χ3v) is 4.59. The molecule has 1 aliphatic rings. The van der Waals surface area contributed by atoms with E-state index in [0.717, 1.165) is 12.8 Å². The minimum atomic E-state index is 0.161. The normalized spacial score (nSPS) is 16.3. The van der Waals surface area contributed by atoms with E-state index in [9.17, 15) is 4.79 Å². The van der Waals surface area contributed by atoms with Gasteiger partial charge in [-0.3, -0.25) is 9.69 Å². The predicted molar refractivity (Wildman–Crippen MR) is 91.7 cm³/mol. The van der Waals surface area contributed by atoms with Gasteiger partial charge in [0, 0.05) is 39.1 Å². The number of aromatic nitrogens is 1. The van der Waals surface area contributed by atoms with Gasteiger partial charge < -0.3 is 14.2 Å². The van der Waals surface area contributed by atoms with Gasteiger partial charge in [0.05, 0.1) is 6.54 Å². The van der Waals surface area contributed by atoms with Gasteiger partial charge in [0.1, 0.15) is 6.07 Å². The van der Waals surface area contributed by atoms with Gasteiger partial charge in [-0.25, -0.2) is 4.98 Å². The number of piperazine rings is 1. The number of anilines is 1. The number of rotatable bonds is 6. The van der Waals surface area contributed by atoms with Gasteiger partial charge in [0.15, 0.2) is 5.89 Å². The van der Waals surface area contributed by atoms with Gasteiger partial charge in [-0.2, -0.15) is 5.26 Å². The summed E-state index contributed by atoms with van der Waals surface area (Å²) in [4.78, 5) is 22.5. The topological polar surface area (TPSA) is 76.6 Å². The highest BCUT2D eigenvalue weighted by Crippen LogP contribution is 2.22. The number of hydrogen-bond donors (Lipinski definition) is 0. The van der Waals surface area contributed by atoms with Gasteiger partial charge in [0.25, 0.3) is 0 Å². The Hall–Kier alpha value is -2.07. The van der Waals surface area contributed by atoms with Crippen LogP contribution in [0.3, 0.4) is 0 Å². The average Bonchev–Trinajstić information content (AvgIpc) is 2.96. The van der Waals surface area contributed by atoms with Gasteiger partial charge in [-0.05, 0) is 20.4 Å². The van der Waals surface area contributed by atoms with E-state index >= 15 is 0 Å². The summed E-state index contributed by atoms with van der Waals surface area (Å²) in [5, 5.41) is 9.13. The molecule has 0 radical (unpaired) electrons. The molecule has 0 bridgehead atoms. The first kappa shape index (κ1) is 18.3. The molecule has 7 nitrogen and oxygen atoms in total. The summed E-state index contributed by atoms with van der Waals surface area (Å²) in [7, 11) is 2.00. The van der Waals surface area contributed by atoms with Crippen molar-refractivity contribution in [3.05, 3.63) is 11.6 Å². The highest BCUT2D eigenvalue weighted by molar-refractivity contribution is 5.78. The third-order valence-electron chi connectivity index (χ3n) is 4.59. The van der Waals surface area contributed by atoms with Crippen molar-refractivity contribution in [1.29, 1.82) is 5.26 Å². The molecular weight excluding hydrogens is 306 g/mol. The fourth-order valence-corrected chi connectivity index (χ4v) is 2.97. The summed E-state index contributed by atoms with van der Waals surface area (Å²) in [6, 6.07) is 2.48. The van der Waals surface area contributed by atoms with Crippen LogP contribution in [0.25, 0.3) is 0 Å². The zero-order chi connectivity index (χ0) is 17.7. The maximum absolute atomic E-state index is 12.5. The second-order valence-corrected chi connectivity index (χ2v) is 6.42. The average molecular weight is 333 g/mol. The standard InChI is InChI=1S/C17H27N5O2/c1-5-6-13(2)20(4)12-16(23)21-7-9-22(10-8-21)17-15(11-18)19-14(3)24-17/h13H,5-10,12H2,1-4H3/t13-/m1/s1. The molecule has 132 valence electrons. The maximum Gasteiger partial charge on any atom is 0.236 e. The molecule has 1 atom stereocenters. The zero-order valence-corrected chi connectivity index (χ0v) is 15.1. The van der Waals surface area contributed by atoms with Gasteiger partial charge >= 0.3 is 0 Å². The van der Waals surface area contributed by atoms with E-state index in [1.54, 1.807) is 6.92 Å². The number of aryl methyl sites for hydroxylation is 1. The molecule has 2 rings (SSSR count). The highest BCUT2D eigenvalue weighted by atomic mass is 16.4. The highest BCUT2D eigenvalue weighted by Gasteiger charge is 2.26. The van der Waals surface area contributed by atoms with E-state index < -0.39 is 0 Å². The lowest BCUT2D eigenvalue weighted by atomic mass is 10.2. The molecule has 0 N–H and O–H groups in total. The molecule has 7 heteroatoms. The maximum atomic E-state index is 12.5. The van der Waals surface area contributed by atoms with Crippen LogP contribution in [0.2, 0.25) is 0 Å². The first-order valence-electron chi connectivity index (χ1n) is 8.56. The number of nitriles is 1. The molecule has 1 aromatic heterocycles. The van der Waals surface area contributed by atoms with Crippen LogP contribution in [0.4, 0.5) is 5.88 Å². The van der Waals surface area contributed by atoms with Crippen molar-refractivity contribution in [2.24, 2.45) is 0 Å². The molecule has 0 saturated carbocycles. The minimum Gasteiger partial charge on any atom is -0.424 e. The van der Waals surface area contributed by atoms with Crippen LogP contribution in [0.15, 0.2) is 4.42 Å². The molecule has 0 unspecified atom stereocenters. The monoisotopic (exact) mass is 333 g/mol. The van der Waals surface area contributed by atoms with Crippen molar-refractivity contribution in [1.82, 2.24) is 14.8 Å². The lowest BCUT2D eigenvalue weighted by molar-refractivity contribution is -0.132. The van der Waals surface area contributed by atoms with Crippen LogP contribution in [0, 0.1) is 18.3 Å². The SMILES string of the molecule is CCC[C@@H](C)N(C)CC(=O)N1CCN(c2oc(C)nc2C#N)CC1. The summed E-state index contributed by atoms with van der Waals surface area (Å²) in [5.41, 5.74) is 0.320. The molecule has 1 saturated heterocycles. The van der Waals surface area contributed by atoms with E-state index in [1.807, 2.05) is 16.8 Å². The predicted octanol–water partition coefficient (Wildman–Crippen LogP) is 1.62. The third kappa shape index (κ3) is 4.26. The molecule has 0 aromatic carbocycles. The first-order valence-corrected chi connectivity index (χ1v) is 8.56. The van der Waals surface area contributed by atoms with E-state index in [-0.39, 0.29) is 5.91 Å². The van der Waals surface area contributed by atoms with Crippen LogP contribution >= 0.6 is 0 Å². The molecule has 1 fully saturated rings. The summed E-state index contributed by atoms with van der Waals surface area (Å²) in [5.74, 6) is 1.18. The van der Waals surface area contributed by atoms with Gasteiger partial charge in [-0.1, -0.05) is 13.3 Å². The Morgan fingerprint density at radius 1 is 1.42 bits per heavy atom. The molecule has 24 heavy (non-hydrogen) atoms. The molecule has 1 aromatic rings. The van der Waals surface area contributed by atoms with Crippen LogP contribution < -0.4 is 4.90 Å². The minimum absolute atomic E-state index is 0.161. The van der Waals surface area contributed by atoms with Crippen molar-refractivity contribution in [2.75, 3.05) is 44.7 Å². The van der Waals surface area contributed by atoms with E-state index in [2.05, 4.69) is 29.8 Å². The summed E-state index contributed by atoms with van der Waals surface area (Å²) >= 11 is 0. The molecule has 1 aliphatic heterocycles. The van der Waals surface area contributed by atoms with Crippen LogP contribution in [-0.2, 0) is 4.79 Å². The second kappa shape index (κ2) is 8.15. The van der Waals surface area contributed by atoms with Crippen molar-refractivity contribution in [3.63, 3.8) is 0 Å². The van der Waals surface area contributed by atoms with E-state index in [1.165, 1.54) is 0 Å². The summed E-state index contributed by atoms with van der Waals surface area (Å²) in [6.07, 6.45) is 2.22. The Morgan fingerprint density at radius 3 is 2.67 bits per heavy atom. The lowest BCUT2D eigenvalue weighted by Gasteiger charge is -2.36. The lowest BCUT2D eigenvalue weighted by Crippen LogP contribution is -2.51. The van der Waals surface area contributed by atoms with Crippen molar-refractivity contribution >= 4 is 11.8 Å². The Balaban J connectivity index is 1.88. The van der Waals surface area contributed by atoms with E-state index in [0.29, 0.717) is 56.2 Å². The first-order chi connectivity index (χ1) is 11.5. The Bertz CT molecular complexity index is 599. The Morgan fingerprint density at radius 2 is 2.08 bits per heavy atom. The molecule has 0 spiro atoms. The number of nitrogens with zero attached hydrogens (tertiary/aromatic N) is 5. The molecule has 2 heterocycles. The fraction of sp³-hybridized carbons (Fsp3) is 0.706. The van der Waals surface area contributed by atoms with Crippen molar-refractivity contribution < 1.29 is 9.21 Å². The number of hydrogen-bond acceptors (Lipinski definition) is 6. The number of amides is 1.